The fourth-order valence-electron chi connectivity index (χ4n) is 1.60. The molecule has 0 saturated carbocycles. The van der Waals surface area contributed by atoms with Crippen molar-refractivity contribution in [1.82, 2.24) is 4.90 Å². The highest BCUT2D eigenvalue weighted by Crippen LogP contribution is 2.08. The van der Waals surface area contributed by atoms with Crippen LogP contribution in [-0.2, 0) is 19.1 Å². The van der Waals surface area contributed by atoms with Gasteiger partial charge in [-0.3, -0.25) is 14.4 Å². The van der Waals surface area contributed by atoms with Crippen molar-refractivity contribution in [3.05, 3.63) is 35.4 Å². The van der Waals surface area contributed by atoms with Crippen LogP contribution >= 0.6 is 0 Å². The molecule has 1 aromatic rings. The van der Waals surface area contributed by atoms with Gasteiger partial charge in [0.2, 0.25) is 0 Å². The van der Waals surface area contributed by atoms with Crippen LogP contribution in [0.1, 0.15) is 15.9 Å². The summed E-state index contributed by atoms with van der Waals surface area (Å²) in [6.07, 6.45) is 0. The number of hydrogen-bond donors (Lipinski definition) is 0. The summed E-state index contributed by atoms with van der Waals surface area (Å²) in [5.41, 5.74) is 1.31. The number of rotatable bonds is 5. The monoisotopic (exact) mass is 279 g/mol. The van der Waals surface area contributed by atoms with Crippen molar-refractivity contribution >= 4 is 17.8 Å². The summed E-state index contributed by atoms with van der Waals surface area (Å²) >= 11 is 0. The summed E-state index contributed by atoms with van der Waals surface area (Å²) < 4.78 is 9.04. The molecule has 0 fully saturated rings. The molecule has 0 aliphatic rings. The lowest BCUT2D eigenvalue weighted by atomic mass is 10.1. The van der Waals surface area contributed by atoms with Gasteiger partial charge in [0.25, 0.3) is 5.91 Å². The van der Waals surface area contributed by atoms with E-state index in [1.165, 1.54) is 14.2 Å². The largest absolute Gasteiger partial charge is 0.468 e. The van der Waals surface area contributed by atoms with E-state index in [2.05, 4.69) is 9.47 Å². The maximum atomic E-state index is 12.3. The molecule has 0 bridgehead atoms. The van der Waals surface area contributed by atoms with E-state index in [1.807, 2.05) is 13.0 Å². The molecular weight excluding hydrogens is 262 g/mol. The van der Waals surface area contributed by atoms with Gasteiger partial charge in [0.15, 0.2) is 0 Å². The maximum absolute atomic E-state index is 12.3. The van der Waals surface area contributed by atoms with Gasteiger partial charge in [-0.15, -0.1) is 0 Å². The van der Waals surface area contributed by atoms with Gasteiger partial charge in [-0.05, 0) is 19.1 Å². The Bertz CT molecular complexity index is 494. The minimum absolute atomic E-state index is 0.307. The molecule has 0 unspecified atom stereocenters. The van der Waals surface area contributed by atoms with Gasteiger partial charge in [0.1, 0.15) is 13.1 Å². The van der Waals surface area contributed by atoms with E-state index in [0.717, 1.165) is 10.5 Å². The topological polar surface area (TPSA) is 72.9 Å². The van der Waals surface area contributed by atoms with Crippen LogP contribution in [0, 0.1) is 6.92 Å². The molecule has 108 valence electrons. The average Bonchev–Trinajstić information content (AvgIpc) is 2.45. The van der Waals surface area contributed by atoms with E-state index >= 15 is 0 Å². The molecule has 0 aliphatic carbocycles. The molecule has 0 spiro atoms. The molecule has 0 aliphatic heterocycles. The number of carbonyl (C=O) groups excluding carboxylic acids is 3. The standard InChI is InChI=1S/C14H17NO5/c1-10-5-4-6-11(7-10)14(18)15(8-12(16)19-2)9-13(17)20-3/h4-7H,8-9H2,1-3H3. The van der Waals surface area contributed by atoms with Crippen molar-refractivity contribution in [2.24, 2.45) is 0 Å². The Kier molecular flexibility index (Phi) is 5.71. The Balaban J connectivity index is 2.93. The molecule has 1 aromatic carbocycles. The van der Waals surface area contributed by atoms with E-state index in [0.29, 0.717) is 5.56 Å². The fraction of sp³-hybridized carbons (Fsp3) is 0.357. The Morgan fingerprint density at radius 2 is 1.60 bits per heavy atom. The molecule has 6 heteroatoms. The Morgan fingerprint density at radius 1 is 1.05 bits per heavy atom. The van der Waals surface area contributed by atoms with Gasteiger partial charge in [-0.1, -0.05) is 17.7 Å². The second-order valence-corrected chi connectivity index (χ2v) is 4.18. The summed E-state index contributed by atoms with van der Waals surface area (Å²) in [4.78, 5) is 36.1. The van der Waals surface area contributed by atoms with Gasteiger partial charge in [-0.2, -0.15) is 0 Å². The average molecular weight is 279 g/mol. The lowest BCUT2D eigenvalue weighted by Gasteiger charge is -2.20. The zero-order valence-corrected chi connectivity index (χ0v) is 11.7. The number of ether oxygens (including phenoxy) is 2. The van der Waals surface area contributed by atoms with Crippen LogP contribution in [0.25, 0.3) is 0 Å². The number of esters is 2. The van der Waals surface area contributed by atoms with Crippen LogP contribution in [0.2, 0.25) is 0 Å². The summed E-state index contributed by atoms with van der Waals surface area (Å²) in [6.45, 7) is 1.23. The number of aryl methyl sites for hydroxylation is 1. The molecule has 6 nitrogen and oxygen atoms in total. The highest BCUT2D eigenvalue weighted by molar-refractivity contribution is 5.97. The van der Waals surface area contributed by atoms with E-state index < -0.39 is 17.8 Å². The van der Waals surface area contributed by atoms with Crippen LogP contribution in [0.15, 0.2) is 24.3 Å². The van der Waals surface area contributed by atoms with Crippen molar-refractivity contribution in [1.29, 1.82) is 0 Å². The molecule has 1 amide bonds. The first kappa shape index (κ1) is 15.7. The first-order valence-corrected chi connectivity index (χ1v) is 5.97. The summed E-state index contributed by atoms with van der Waals surface area (Å²) in [5, 5.41) is 0. The van der Waals surface area contributed by atoms with Gasteiger partial charge >= 0.3 is 11.9 Å². The predicted octanol–water partition coefficient (Wildman–Crippen LogP) is 0.783. The van der Waals surface area contributed by atoms with Gasteiger partial charge in [0, 0.05) is 5.56 Å². The van der Waals surface area contributed by atoms with Gasteiger partial charge < -0.3 is 14.4 Å². The smallest absolute Gasteiger partial charge is 0.325 e. The van der Waals surface area contributed by atoms with Crippen LogP contribution in [0.3, 0.4) is 0 Å². The highest BCUT2D eigenvalue weighted by Gasteiger charge is 2.22. The van der Waals surface area contributed by atoms with Crippen molar-refractivity contribution < 1.29 is 23.9 Å². The van der Waals surface area contributed by atoms with Gasteiger partial charge in [-0.25, -0.2) is 0 Å². The second kappa shape index (κ2) is 7.28. The molecule has 0 atom stereocenters. The van der Waals surface area contributed by atoms with E-state index in [-0.39, 0.29) is 13.1 Å². The quantitative estimate of drug-likeness (QED) is 0.745. The van der Waals surface area contributed by atoms with Crippen LogP contribution in [0.5, 0.6) is 0 Å². The Hall–Kier alpha value is -2.37. The SMILES string of the molecule is COC(=O)CN(CC(=O)OC)C(=O)c1cccc(C)c1. The summed E-state index contributed by atoms with van der Waals surface area (Å²) in [7, 11) is 2.44. The van der Waals surface area contributed by atoms with Crippen LogP contribution in [-0.4, -0.2) is 50.1 Å². The third-order valence-corrected chi connectivity index (χ3v) is 2.65. The lowest BCUT2D eigenvalue weighted by Crippen LogP contribution is -2.40. The zero-order valence-electron chi connectivity index (χ0n) is 11.7. The third kappa shape index (κ3) is 4.38. The van der Waals surface area contributed by atoms with E-state index in [4.69, 9.17) is 0 Å². The fourth-order valence-corrected chi connectivity index (χ4v) is 1.60. The highest BCUT2D eigenvalue weighted by atomic mass is 16.5. The van der Waals surface area contributed by atoms with E-state index in [9.17, 15) is 14.4 Å². The molecule has 0 saturated heterocycles. The second-order valence-electron chi connectivity index (χ2n) is 4.18. The number of carbonyl (C=O) groups is 3. The Morgan fingerprint density at radius 3 is 2.05 bits per heavy atom. The number of methoxy groups -OCH3 is 2. The number of amides is 1. The molecule has 0 radical (unpaired) electrons. The minimum atomic E-state index is -0.602. The first-order chi connectivity index (χ1) is 9.47. The van der Waals surface area contributed by atoms with Crippen molar-refractivity contribution in [3.63, 3.8) is 0 Å². The van der Waals surface area contributed by atoms with Crippen LogP contribution in [0.4, 0.5) is 0 Å². The van der Waals surface area contributed by atoms with Crippen molar-refractivity contribution in [2.45, 2.75) is 6.92 Å². The lowest BCUT2D eigenvalue weighted by molar-refractivity contribution is -0.144. The molecule has 1 rings (SSSR count). The molecule has 20 heavy (non-hydrogen) atoms. The minimum Gasteiger partial charge on any atom is -0.468 e. The molecule has 0 N–H and O–H groups in total. The zero-order chi connectivity index (χ0) is 15.1. The normalized spacial score (nSPS) is 9.75. The molecule has 0 heterocycles. The van der Waals surface area contributed by atoms with E-state index in [1.54, 1.807) is 18.2 Å². The van der Waals surface area contributed by atoms with Gasteiger partial charge in [0.05, 0.1) is 14.2 Å². The summed E-state index contributed by atoms with van der Waals surface area (Å²) in [5.74, 6) is -1.63. The predicted molar refractivity (Wildman–Crippen MR) is 71.1 cm³/mol. The first-order valence-electron chi connectivity index (χ1n) is 5.97. The maximum Gasteiger partial charge on any atom is 0.325 e. The third-order valence-electron chi connectivity index (χ3n) is 2.65. The number of benzene rings is 1. The molecular formula is C14H17NO5. The van der Waals surface area contributed by atoms with Crippen molar-refractivity contribution in [2.75, 3.05) is 27.3 Å². The number of nitrogens with zero attached hydrogens (tertiary/aromatic N) is 1. The summed E-state index contributed by atoms with van der Waals surface area (Å²) in [6, 6.07) is 6.89. The Labute approximate surface area is 117 Å². The van der Waals surface area contributed by atoms with Crippen molar-refractivity contribution in [3.8, 4) is 0 Å². The number of hydrogen-bond acceptors (Lipinski definition) is 5. The van der Waals surface area contributed by atoms with Crippen LogP contribution < -0.4 is 0 Å². The molecule has 0 aromatic heterocycles.